The standard InChI is InChI=1S/C18H15P.3H2N.2H2O.Ru/c1-4-10-16(11-5-1)19(17-12-6-2-7-13-17)18-14-8-3-9-15-18;;;;;;/h1-15H;5*1H2;/q;3*-1;;;+3. The average molecular weight is 447 g/mol. The van der Waals surface area contributed by atoms with Crippen LogP contribution in [0.15, 0.2) is 91.0 Å². The Hall–Kier alpha value is -1.49. The van der Waals surface area contributed by atoms with Crippen LogP contribution in [0.1, 0.15) is 0 Å². The zero-order chi connectivity index (χ0) is 12.9. The zero-order valence-corrected chi connectivity index (χ0v) is 16.3. The molecule has 3 rings (SSSR count). The van der Waals surface area contributed by atoms with Crippen LogP contribution in [0, 0.1) is 0 Å². The SMILES string of the molecule is O.O.[NH2-].[NH2-].[NH2-].[Ru+3].c1ccc(P(c2ccccc2)c2ccccc2)cc1. The predicted octanol–water partition coefficient (Wildman–Crippen LogP) is 3.94. The Kier molecular flexibility index (Phi) is 20.0. The van der Waals surface area contributed by atoms with Crippen LogP contribution in [0.5, 0.6) is 0 Å². The molecule has 1 radical (unpaired) electrons. The van der Waals surface area contributed by atoms with E-state index < -0.39 is 7.92 Å². The van der Waals surface area contributed by atoms with E-state index in [1.54, 1.807) is 0 Å². The molecule has 0 aromatic heterocycles. The third-order valence-corrected chi connectivity index (χ3v) is 5.49. The van der Waals surface area contributed by atoms with E-state index in [2.05, 4.69) is 91.0 Å². The monoisotopic (exact) mass is 448 g/mol. The molecule has 0 fully saturated rings. The van der Waals surface area contributed by atoms with Gasteiger partial charge in [-0.3, -0.25) is 0 Å². The topological polar surface area (TPSA) is 164 Å². The molecule has 7 heteroatoms. The van der Waals surface area contributed by atoms with Crippen molar-refractivity contribution in [2.75, 3.05) is 0 Å². The molecule has 0 bridgehead atoms. The zero-order valence-electron chi connectivity index (χ0n) is 13.7. The molecule has 3 aromatic rings. The number of hydrogen-bond acceptors (Lipinski definition) is 0. The second-order valence-corrected chi connectivity index (χ2v) is 6.56. The van der Waals surface area contributed by atoms with Crippen LogP contribution < -0.4 is 15.9 Å². The summed E-state index contributed by atoms with van der Waals surface area (Å²) >= 11 is 0. The van der Waals surface area contributed by atoms with Crippen LogP contribution in [-0.4, -0.2) is 11.0 Å². The van der Waals surface area contributed by atoms with E-state index in [1.165, 1.54) is 15.9 Å². The first-order valence-corrected chi connectivity index (χ1v) is 7.74. The maximum Gasteiger partial charge on any atom is 3.00 e. The third-order valence-electron chi connectivity index (χ3n) is 3.04. The Morgan fingerprint density at radius 3 is 0.800 bits per heavy atom. The minimum atomic E-state index is -0.446. The summed E-state index contributed by atoms with van der Waals surface area (Å²) in [4.78, 5) is 0. The van der Waals surface area contributed by atoms with Crippen molar-refractivity contribution in [3.63, 3.8) is 0 Å². The van der Waals surface area contributed by atoms with Gasteiger partial charge in [0.2, 0.25) is 0 Å². The first-order valence-electron chi connectivity index (χ1n) is 6.40. The number of benzene rings is 3. The van der Waals surface area contributed by atoms with E-state index >= 15 is 0 Å². The molecule has 0 aliphatic rings. The Bertz CT molecular complexity index is 552. The smallest absolute Gasteiger partial charge is 0.693 e. The molecular formula is C18H25N3O2PRu. The quantitative estimate of drug-likeness (QED) is 0.420. The molecule has 3 aromatic carbocycles. The van der Waals surface area contributed by atoms with Crippen molar-refractivity contribution >= 4 is 23.8 Å². The molecule has 10 N–H and O–H groups in total. The van der Waals surface area contributed by atoms with Crippen molar-refractivity contribution in [3.05, 3.63) is 109 Å². The molecule has 0 saturated carbocycles. The van der Waals surface area contributed by atoms with Crippen LogP contribution in [0.3, 0.4) is 0 Å². The largest absolute Gasteiger partial charge is 3.00 e. The van der Waals surface area contributed by atoms with Gasteiger partial charge >= 0.3 is 19.5 Å². The van der Waals surface area contributed by atoms with Gasteiger partial charge in [0, 0.05) is 0 Å². The van der Waals surface area contributed by atoms with Gasteiger partial charge in [0.1, 0.15) is 0 Å². The Morgan fingerprint density at radius 1 is 0.400 bits per heavy atom. The van der Waals surface area contributed by atoms with Gasteiger partial charge in [-0.05, 0) is 23.8 Å². The van der Waals surface area contributed by atoms with Gasteiger partial charge in [0.25, 0.3) is 0 Å². The average Bonchev–Trinajstić information content (AvgIpc) is 2.51. The Labute approximate surface area is 163 Å². The number of hydrogen-bond donors (Lipinski definition) is 0. The van der Waals surface area contributed by atoms with E-state index in [4.69, 9.17) is 0 Å². The maximum atomic E-state index is 2.23. The van der Waals surface area contributed by atoms with Gasteiger partial charge < -0.3 is 29.4 Å². The molecule has 0 aliphatic heterocycles. The van der Waals surface area contributed by atoms with Crippen molar-refractivity contribution in [3.8, 4) is 0 Å². The Morgan fingerprint density at radius 2 is 0.600 bits per heavy atom. The summed E-state index contributed by atoms with van der Waals surface area (Å²) in [7, 11) is -0.446. The minimum absolute atomic E-state index is 0. The summed E-state index contributed by atoms with van der Waals surface area (Å²) in [6.07, 6.45) is 0. The summed E-state index contributed by atoms with van der Waals surface area (Å²) in [5, 5.41) is 4.19. The summed E-state index contributed by atoms with van der Waals surface area (Å²) in [5.74, 6) is 0. The second-order valence-electron chi connectivity index (χ2n) is 4.34. The Balaban J connectivity index is -0.000000367. The van der Waals surface area contributed by atoms with Crippen molar-refractivity contribution < 1.29 is 30.4 Å². The van der Waals surface area contributed by atoms with Gasteiger partial charge in [-0.15, -0.1) is 0 Å². The van der Waals surface area contributed by atoms with E-state index in [9.17, 15) is 0 Å². The van der Waals surface area contributed by atoms with Gasteiger partial charge in [-0.25, -0.2) is 0 Å². The van der Waals surface area contributed by atoms with Crippen molar-refractivity contribution in [2.45, 2.75) is 0 Å². The molecule has 0 heterocycles. The third kappa shape index (κ3) is 7.95. The second kappa shape index (κ2) is 16.0. The van der Waals surface area contributed by atoms with Gasteiger partial charge in [0.15, 0.2) is 0 Å². The molecule has 5 nitrogen and oxygen atoms in total. The summed E-state index contributed by atoms with van der Waals surface area (Å²) in [5.41, 5.74) is 0. The maximum absolute atomic E-state index is 2.23. The van der Waals surface area contributed by atoms with Crippen LogP contribution in [0.2, 0.25) is 0 Å². The molecule has 0 amide bonds. The van der Waals surface area contributed by atoms with Crippen LogP contribution >= 0.6 is 7.92 Å². The number of nitrogens with two attached hydrogens (primary N) is 3. The van der Waals surface area contributed by atoms with Gasteiger partial charge in [-0.1, -0.05) is 91.0 Å². The molecule has 137 valence electrons. The fourth-order valence-corrected chi connectivity index (χ4v) is 4.48. The molecular weight excluding hydrogens is 422 g/mol. The van der Waals surface area contributed by atoms with Crippen molar-refractivity contribution in [1.29, 1.82) is 0 Å². The molecule has 0 aliphatic carbocycles. The van der Waals surface area contributed by atoms with E-state index in [-0.39, 0.29) is 48.9 Å². The van der Waals surface area contributed by atoms with Crippen molar-refractivity contribution in [2.24, 2.45) is 0 Å². The predicted molar refractivity (Wildman–Crippen MR) is 108 cm³/mol. The normalized spacial score (nSPS) is 8.04. The molecule has 25 heavy (non-hydrogen) atoms. The first kappa shape index (κ1) is 31.3. The molecule has 0 spiro atoms. The summed E-state index contributed by atoms with van der Waals surface area (Å²) in [6, 6.07) is 32.3. The summed E-state index contributed by atoms with van der Waals surface area (Å²) < 4.78 is 0. The van der Waals surface area contributed by atoms with E-state index in [0.717, 1.165) is 0 Å². The van der Waals surface area contributed by atoms with Crippen LogP contribution in [0.25, 0.3) is 18.5 Å². The molecule has 0 saturated heterocycles. The van der Waals surface area contributed by atoms with Crippen molar-refractivity contribution in [1.82, 2.24) is 0 Å². The first-order chi connectivity index (χ1) is 9.45. The van der Waals surface area contributed by atoms with E-state index in [0.29, 0.717) is 0 Å². The van der Waals surface area contributed by atoms with Gasteiger partial charge in [-0.2, -0.15) is 0 Å². The summed E-state index contributed by atoms with van der Waals surface area (Å²) in [6.45, 7) is 0. The van der Waals surface area contributed by atoms with Crippen LogP contribution in [-0.2, 0) is 19.5 Å². The minimum Gasteiger partial charge on any atom is -0.693 e. The van der Waals surface area contributed by atoms with Gasteiger partial charge in [0.05, 0.1) is 0 Å². The van der Waals surface area contributed by atoms with E-state index in [1.807, 2.05) is 0 Å². The molecule has 0 atom stereocenters. The fourth-order valence-electron chi connectivity index (χ4n) is 2.18. The molecule has 0 unspecified atom stereocenters. The van der Waals surface area contributed by atoms with Crippen LogP contribution in [0.4, 0.5) is 0 Å². The number of rotatable bonds is 3. The fraction of sp³-hybridized carbons (Fsp3) is 0.